The molecular formula is C27H40N6O7S. The van der Waals surface area contributed by atoms with Crippen molar-refractivity contribution < 1.29 is 32.4 Å². The summed E-state index contributed by atoms with van der Waals surface area (Å²) in [7, 11) is 2.64. The molecule has 1 aromatic carbocycles. The van der Waals surface area contributed by atoms with Crippen LogP contribution >= 0.6 is 0 Å². The maximum Gasteiger partial charge on any atom is 0.254 e. The van der Waals surface area contributed by atoms with Crippen LogP contribution in [0.2, 0.25) is 0 Å². The summed E-state index contributed by atoms with van der Waals surface area (Å²) in [5.41, 5.74) is 0.0747. The molecule has 226 valence electrons. The second kappa shape index (κ2) is 13.4. The van der Waals surface area contributed by atoms with Gasteiger partial charge in [0.15, 0.2) is 9.84 Å². The number of carbonyl (C=O) groups is 5. The topological polar surface area (TPSA) is 157 Å². The zero-order valence-electron chi connectivity index (χ0n) is 24.3. The van der Waals surface area contributed by atoms with Gasteiger partial charge in [-0.2, -0.15) is 0 Å². The van der Waals surface area contributed by atoms with Gasteiger partial charge >= 0.3 is 0 Å². The monoisotopic (exact) mass is 592 g/mol. The first-order valence-electron chi connectivity index (χ1n) is 13.5. The minimum Gasteiger partial charge on any atom is -0.353 e. The second-order valence-corrected chi connectivity index (χ2v) is 13.0. The van der Waals surface area contributed by atoms with Crippen LogP contribution in [0.4, 0.5) is 0 Å². The van der Waals surface area contributed by atoms with Crippen molar-refractivity contribution in [2.24, 2.45) is 0 Å². The summed E-state index contributed by atoms with van der Waals surface area (Å²) >= 11 is 0. The van der Waals surface area contributed by atoms with Crippen molar-refractivity contribution in [3.63, 3.8) is 0 Å². The summed E-state index contributed by atoms with van der Waals surface area (Å²) in [5.74, 6) is -2.57. The van der Waals surface area contributed by atoms with Crippen LogP contribution in [0.5, 0.6) is 0 Å². The molecule has 0 aromatic heterocycles. The van der Waals surface area contributed by atoms with E-state index in [1.54, 1.807) is 0 Å². The highest BCUT2D eigenvalue weighted by molar-refractivity contribution is 7.91. The molecule has 2 bridgehead atoms. The molecule has 2 aliphatic rings. The molecule has 13 nitrogen and oxygen atoms in total. The number of likely N-dealkylation sites (N-methyl/N-ethyl adjacent to an activating group) is 3. The molecule has 1 aromatic rings. The van der Waals surface area contributed by atoms with E-state index in [4.69, 9.17) is 0 Å². The Balaban J connectivity index is 1.98. The number of nitrogens with one attached hydrogen (secondary N) is 2. The Bertz CT molecular complexity index is 1280. The fraction of sp³-hybridized carbons (Fsp3) is 0.593. The Kier molecular flexibility index (Phi) is 10.5. The second-order valence-electron chi connectivity index (χ2n) is 11.0. The fourth-order valence-corrected chi connectivity index (χ4v) is 6.75. The van der Waals surface area contributed by atoms with Crippen molar-refractivity contribution in [2.45, 2.75) is 49.2 Å². The highest BCUT2D eigenvalue weighted by Gasteiger charge is 2.39. The van der Waals surface area contributed by atoms with E-state index in [-0.39, 0.29) is 48.7 Å². The van der Waals surface area contributed by atoms with E-state index in [1.165, 1.54) is 60.0 Å². The first-order chi connectivity index (χ1) is 19.2. The molecule has 0 spiro atoms. The fourth-order valence-electron chi connectivity index (χ4n) is 5.14. The summed E-state index contributed by atoms with van der Waals surface area (Å²) in [6.07, 6.45) is 0.135. The molecule has 41 heavy (non-hydrogen) atoms. The molecule has 14 heteroatoms. The van der Waals surface area contributed by atoms with Gasteiger partial charge in [0.1, 0.15) is 6.04 Å². The lowest BCUT2D eigenvalue weighted by Gasteiger charge is -2.30. The molecule has 0 unspecified atom stereocenters. The molecule has 0 aliphatic carbocycles. The van der Waals surface area contributed by atoms with Crippen molar-refractivity contribution in [3.05, 3.63) is 29.8 Å². The predicted molar refractivity (Wildman–Crippen MR) is 151 cm³/mol. The number of hydrogen-bond donors (Lipinski definition) is 2. The Morgan fingerprint density at radius 1 is 1.10 bits per heavy atom. The van der Waals surface area contributed by atoms with E-state index in [9.17, 15) is 32.4 Å². The number of fused-ring (bicyclic) bond motifs is 3. The summed E-state index contributed by atoms with van der Waals surface area (Å²) in [4.78, 5) is 70.3. The van der Waals surface area contributed by atoms with Gasteiger partial charge in [0.25, 0.3) is 5.91 Å². The van der Waals surface area contributed by atoms with Crippen LogP contribution in [-0.4, -0.2) is 136 Å². The third-order valence-electron chi connectivity index (χ3n) is 7.37. The Hall–Kier alpha value is -3.52. The standard InChI is InChI=1S/C27H40N6O7S/c1-18(34)29-20-14-21-17-41(39,40)22-8-6-7-19(13-22)27(38)32(5)23(26(37)28-11-12-30(2)3)9-10-24(35)31(4)16-25(36)33(21)15-20/h6-8,13,20-21,23H,9-12,14-17H2,1-5H3,(H,28,37)(H,29,34)/t20-,21+,23+/m1/s1. The van der Waals surface area contributed by atoms with Crippen LogP contribution < -0.4 is 10.6 Å². The van der Waals surface area contributed by atoms with Crippen LogP contribution in [0, 0.1) is 0 Å². The van der Waals surface area contributed by atoms with Crippen LogP contribution in [0.25, 0.3) is 0 Å². The van der Waals surface area contributed by atoms with Gasteiger partial charge < -0.3 is 30.2 Å². The summed E-state index contributed by atoms with van der Waals surface area (Å²) < 4.78 is 27.0. The van der Waals surface area contributed by atoms with Crippen molar-refractivity contribution in [1.82, 2.24) is 30.2 Å². The van der Waals surface area contributed by atoms with Gasteiger partial charge in [-0.25, -0.2) is 8.42 Å². The van der Waals surface area contributed by atoms with Crippen LogP contribution in [0.1, 0.15) is 36.5 Å². The van der Waals surface area contributed by atoms with Gasteiger partial charge in [-0.1, -0.05) is 6.07 Å². The largest absolute Gasteiger partial charge is 0.353 e. The van der Waals surface area contributed by atoms with Gasteiger partial charge in [0, 0.05) is 64.7 Å². The quantitative estimate of drug-likeness (QED) is 0.438. The Morgan fingerprint density at radius 3 is 2.46 bits per heavy atom. The molecule has 5 amide bonds. The van der Waals surface area contributed by atoms with Crippen molar-refractivity contribution >= 4 is 39.4 Å². The third kappa shape index (κ3) is 8.26. The lowest BCUT2D eigenvalue weighted by molar-refractivity contribution is -0.140. The molecule has 0 radical (unpaired) electrons. The first kappa shape index (κ1) is 32.0. The van der Waals surface area contributed by atoms with E-state index in [0.29, 0.717) is 13.1 Å². The number of benzene rings is 1. The maximum atomic E-state index is 13.5. The minimum atomic E-state index is -3.97. The van der Waals surface area contributed by atoms with Crippen molar-refractivity contribution in [1.29, 1.82) is 0 Å². The van der Waals surface area contributed by atoms with Crippen molar-refractivity contribution in [3.8, 4) is 0 Å². The minimum absolute atomic E-state index is 0.00232. The van der Waals surface area contributed by atoms with Crippen LogP contribution in [-0.2, 0) is 29.0 Å². The molecule has 1 saturated heterocycles. The number of amides is 5. The van der Waals surface area contributed by atoms with E-state index < -0.39 is 57.3 Å². The molecule has 2 aliphatic heterocycles. The summed E-state index contributed by atoms with van der Waals surface area (Å²) in [5, 5.41) is 5.55. The molecule has 2 N–H and O–H groups in total. The molecule has 3 rings (SSSR count). The van der Waals surface area contributed by atoms with Gasteiger partial charge in [-0.3, -0.25) is 24.0 Å². The van der Waals surface area contributed by atoms with Gasteiger partial charge in [0.2, 0.25) is 23.6 Å². The van der Waals surface area contributed by atoms with Gasteiger partial charge in [0.05, 0.1) is 17.2 Å². The van der Waals surface area contributed by atoms with E-state index in [1.807, 2.05) is 19.0 Å². The van der Waals surface area contributed by atoms with Crippen molar-refractivity contribution in [2.75, 3.05) is 60.1 Å². The molecule has 3 atom stereocenters. The summed E-state index contributed by atoms with van der Waals surface area (Å²) in [6, 6.07) is 3.41. The van der Waals surface area contributed by atoms with E-state index in [0.717, 1.165) is 0 Å². The highest BCUT2D eigenvalue weighted by atomic mass is 32.2. The van der Waals surface area contributed by atoms with E-state index in [2.05, 4.69) is 10.6 Å². The van der Waals surface area contributed by atoms with Crippen LogP contribution in [0.3, 0.4) is 0 Å². The smallest absolute Gasteiger partial charge is 0.254 e. The molecule has 1 fully saturated rings. The van der Waals surface area contributed by atoms with Gasteiger partial charge in [-0.05, 0) is 45.1 Å². The zero-order valence-corrected chi connectivity index (χ0v) is 25.1. The Labute approximate surface area is 241 Å². The normalized spacial score (nSPS) is 23.9. The number of rotatable bonds is 5. The SMILES string of the molecule is CC(=O)N[C@@H]1C[C@H]2CS(=O)(=O)c3cccc(c3)C(=O)N(C)[C@H](C(=O)NCCN(C)C)CCC(=O)N(C)CC(=O)N2C1. The predicted octanol–water partition coefficient (Wildman–Crippen LogP) is -1.06. The van der Waals surface area contributed by atoms with Gasteiger partial charge in [-0.15, -0.1) is 0 Å². The van der Waals surface area contributed by atoms with E-state index >= 15 is 0 Å². The number of sulfone groups is 1. The lowest BCUT2D eigenvalue weighted by atomic mass is 10.1. The highest BCUT2D eigenvalue weighted by Crippen LogP contribution is 2.25. The Morgan fingerprint density at radius 2 is 1.80 bits per heavy atom. The number of nitrogens with zero attached hydrogens (tertiary/aromatic N) is 4. The number of carbonyl (C=O) groups excluding carboxylic acids is 5. The third-order valence-corrected chi connectivity index (χ3v) is 9.17. The average Bonchev–Trinajstić information content (AvgIpc) is 3.27. The molecule has 0 saturated carbocycles. The molecule has 2 heterocycles. The van der Waals surface area contributed by atoms with Crippen LogP contribution in [0.15, 0.2) is 29.2 Å². The molecular weight excluding hydrogens is 552 g/mol. The summed E-state index contributed by atoms with van der Waals surface area (Å²) in [6.45, 7) is 2.06. The lowest BCUT2D eigenvalue weighted by Crippen LogP contribution is -2.49. The zero-order chi connectivity index (χ0) is 30.5. The number of hydrogen-bond acceptors (Lipinski definition) is 8. The average molecular weight is 593 g/mol. The first-order valence-corrected chi connectivity index (χ1v) is 15.2. The maximum absolute atomic E-state index is 13.5.